The summed E-state index contributed by atoms with van der Waals surface area (Å²) in [6.45, 7) is 5.00. The van der Waals surface area contributed by atoms with Crippen LogP contribution in [-0.4, -0.2) is 19.8 Å². The molecule has 2 nitrogen and oxygen atoms in total. The summed E-state index contributed by atoms with van der Waals surface area (Å²) in [6, 6.07) is 0. The van der Waals surface area contributed by atoms with E-state index in [1.807, 2.05) is 6.21 Å². The molecule has 0 rings (SSSR count). The van der Waals surface area contributed by atoms with E-state index >= 15 is 0 Å². The molecule has 0 spiro atoms. The zero-order valence-corrected chi connectivity index (χ0v) is 6.52. The summed E-state index contributed by atoms with van der Waals surface area (Å²) >= 11 is 0. The smallest absolute Gasteiger partial charge is 0.0273 e. The van der Waals surface area contributed by atoms with Crippen LogP contribution in [0.15, 0.2) is 4.99 Å². The molecule has 0 atom stereocenters. The van der Waals surface area contributed by atoms with Crippen molar-refractivity contribution in [2.24, 2.45) is 16.1 Å². The molecule has 0 aliphatic rings. The molecule has 0 aliphatic carbocycles. The monoisotopic (exact) mass is 128 g/mol. The molecule has 9 heavy (non-hydrogen) atoms. The van der Waals surface area contributed by atoms with Crippen molar-refractivity contribution in [1.29, 1.82) is 0 Å². The van der Waals surface area contributed by atoms with E-state index in [9.17, 15) is 0 Å². The molecule has 0 aromatic carbocycles. The fourth-order valence-corrected chi connectivity index (χ4v) is 0.786. The number of hydrogen-bond donors (Lipinski definition) is 1. The van der Waals surface area contributed by atoms with E-state index in [1.165, 1.54) is 0 Å². The van der Waals surface area contributed by atoms with E-state index in [0.717, 1.165) is 13.0 Å². The Morgan fingerprint density at radius 1 is 1.56 bits per heavy atom. The van der Waals surface area contributed by atoms with E-state index in [2.05, 4.69) is 18.8 Å². The van der Waals surface area contributed by atoms with Gasteiger partial charge in [-0.1, -0.05) is 13.8 Å². The lowest BCUT2D eigenvalue weighted by atomic mass is 9.91. The molecule has 0 amide bonds. The minimum absolute atomic E-state index is 0.184. The maximum Gasteiger partial charge on any atom is 0.0273 e. The number of aliphatic imine (C=N–C) groups is 1. The SMILES string of the molecule is CN=CC(C)(C)CCN. The highest BCUT2D eigenvalue weighted by Crippen LogP contribution is 2.15. The van der Waals surface area contributed by atoms with E-state index in [4.69, 9.17) is 5.73 Å². The van der Waals surface area contributed by atoms with Crippen molar-refractivity contribution in [3.05, 3.63) is 0 Å². The van der Waals surface area contributed by atoms with Crippen LogP contribution in [0.1, 0.15) is 20.3 Å². The average Bonchev–Trinajstić information content (AvgIpc) is 1.64. The first-order valence-corrected chi connectivity index (χ1v) is 3.26. The first-order valence-electron chi connectivity index (χ1n) is 3.26. The average molecular weight is 128 g/mol. The Balaban J connectivity index is 3.70. The third-order valence-corrected chi connectivity index (χ3v) is 1.27. The molecule has 0 unspecified atom stereocenters. The molecule has 0 aliphatic heterocycles. The number of rotatable bonds is 3. The Morgan fingerprint density at radius 3 is 2.44 bits per heavy atom. The molecular weight excluding hydrogens is 112 g/mol. The Hall–Kier alpha value is -0.370. The molecule has 2 N–H and O–H groups in total. The van der Waals surface area contributed by atoms with Gasteiger partial charge in [0.2, 0.25) is 0 Å². The number of hydrogen-bond acceptors (Lipinski definition) is 2. The summed E-state index contributed by atoms with van der Waals surface area (Å²) in [5.74, 6) is 0. The van der Waals surface area contributed by atoms with E-state index < -0.39 is 0 Å². The maximum atomic E-state index is 5.38. The molecule has 0 aromatic rings. The Bertz CT molecular complexity index is 95.1. The molecule has 2 heteroatoms. The molecule has 0 saturated heterocycles. The highest BCUT2D eigenvalue weighted by molar-refractivity contribution is 5.64. The Labute approximate surface area is 57.2 Å². The van der Waals surface area contributed by atoms with Crippen molar-refractivity contribution in [3.8, 4) is 0 Å². The van der Waals surface area contributed by atoms with E-state index in [1.54, 1.807) is 7.05 Å². The summed E-state index contributed by atoms with van der Waals surface area (Å²) in [5.41, 5.74) is 5.57. The second-order valence-corrected chi connectivity index (χ2v) is 2.91. The van der Waals surface area contributed by atoms with Gasteiger partial charge in [0.25, 0.3) is 0 Å². The van der Waals surface area contributed by atoms with E-state index in [0.29, 0.717) is 0 Å². The molecule has 0 bridgehead atoms. The highest BCUT2D eigenvalue weighted by Gasteiger charge is 2.11. The fourth-order valence-electron chi connectivity index (χ4n) is 0.786. The summed E-state index contributed by atoms with van der Waals surface area (Å²) in [4.78, 5) is 3.95. The van der Waals surface area contributed by atoms with Gasteiger partial charge in [-0.15, -0.1) is 0 Å². The van der Waals surface area contributed by atoms with Gasteiger partial charge in [0, 0.05) is 18.7 Å². The first kappa shape index (κ1) is 8.63. The Kier molecular flexibility index (Phi) is 3.47. The van der Waals surface area contributed by atoms with Gasteiger partial charge in [-0.05, 0) is 13.0 Å². The molecule has 0 radical (unpaired) electrons. The molecular formula is C7H16N2. The minimum atomic E-state index is 0.184. The van der Waals surface area contributed by atoms with Crippen LogP contribution in [0.25, 0.3) is 0 Å². The second kappa shape index (κ2) is 3.62. The van der Waals surface area contributed by atoms with Crippen LogP contribution >= 0.6 is 0 Å². The van der Waals surface area contributed by atoms with Crippen molar-refractivity contribution in [1.82, 2.24) is 0 Å². The number of nitrogens with zero attached hydrogens (tertiary/aromatic N) is 1. The summed E-state index contributed by atoms with van der Waals surface area (Å²) < 4.78 is 0. The van der Waals surface area contributed by atoms with Crippen molar-refractivity contribution in [2.45, 2.75) is 20.3 Å². The standard InChI is InChI=1S/C7H16N2/c1-7(2,4-5-8)6-9-3/h6H,4-5,8H2,1-3H3. The second-order valence-electron chi connectivity index (χ2n) is 2.91. The molecule has 0 aromatic heterocycles. The third kappa shape index (κ3) is 4.15. The zero-order chi connectivity index (χ0) is 7.33. The lowest BCUT2D eigenvalue weighted by Crippen LogP contribution is -2.18. The quantitative estimate of drug-likeness (QED) is 0.567. The maximum absolute atomic E-state index is 5.38. The van der Waals surface area contributed by atoms with Gasteiger partial charge in [0.15, 0.2) is 0 Å². The number of nitrogens with two attached hydrogens (primary N) is 1. The van der Waals surface area contributed by atoms with Crippen molar-refractivity contribution >= 4 is 6.21 Å². The predicted molar refractivity (Wildman–Crippen MR) is 41.9 cm³/mol. The largest absolute Gasteiger partial charge is 0.330 e. The third-order valence-electron chi connectivity index (χ3n) is 1.27. The van der Waals surface area contributed by atoms with Crippen LogP contribution in [-0.2, 0) is 0 Å². The lowest BCUT2D eigenvalue weighted by molar-refractivity contribution is 0.495. The van der Waals surface area contributed by atoms with E-state index in [-0.39, 0.29) is 5.41 Å². The van der Waals surface area contributed by atoms with Crippen LogP contribution in [0.2, 0.25) is 0 Å². The van der Waals surface area contributed by atoms with Crippen molar-refractivity contribution in [2.75, 3.05) is 13.6 Å². The first-order chi connectivity index (χ1) is 4.12. The van der Waals surface area contributed by atoms with Gasteiger partial charge in [-0.25, -0.2) is 0 Å². The van der Waals surface area contributed by atoms with Gasteiger partial charge in [-0.3, -0.25) is 0 Å². The molecule has 54 valence electrons. The topological polar surface area (TPSA) is 38.4 Å². The molecule has 0 heterocycles. The van der Waals surface area contributed by atoms with Crippen LogP contribution < -0.4 is 5.73 Å². The lowest BCUT2D eigenvalue weighted by Gasteiger charge is -2.16. The minimum Gasteiger partial charge on any atom is -0.330 e. The Morgan fingerprint density at radius 2 is 2.11 bits per heavy atom. The van der Waals surface area contributed by atoms with Crippen molar-refractivity contribution < 1.29 is 0 Å². The van der Waals surface area contributed by atoms with Gasteiger partial charge >= 0.3 is 0 Å². The summed E-state index contributed by atoms with van der Waals surface area (Å²) in [5, 5.41) is 0. The van der Waals surface area contributed by atoms with Gasteiger partial charge in [-0.2, -0.15) is 0 Å². The zero-order valence-electron chi connectivity index (χ0n) is 6.52. The highest BCUT2D eigenvalue weighted by atomic mass is 14.7. The van der Waals surface area contributed by atoms with Gasteiger partial charge < -0.3 is 10.7 Å². The van der Waals surface area contributed by atoms with Crippen molar-refractivity contribution in [3.63, 3.8) is 0 Å². The van der Waals surface area contributed by atoms with Crippen LogP contribution in [0.4, 0.5) is 0 Å². The van der Waals surface area contributed by atoms with Gasteiger partial charge in [0.1, 0.15) is 0 Å². The van der Waals surface area contributed by atoms with Crippen LogP contribution in [0.3, 0.4) is 0 Å². The predicted octanol–water partition coefficient (Wildman–Crippen LogP) is 1.06. The molecule has 0 saturated carbocycles. The van der Waals surface area contributed by atoms with Gasteiger partial charge in [0.05, 0.1) is 0 Å². The van der Waals surface area contributed by atoms with Crippen LogP contribution in [0, 0.1) is 5.41 Å². The normalized spacial score (nSPS) is 12.9. The van der Waals surface area contributed by atoms with Crippen LogP contribution in [0.5, 0.6) is 0 Å². The summed E-state index contributed by atoms with van der Waals surface area (Å²) in [6.07, 6.45) is 2.95. The fraction of sp³-hybridized carbons (Fsp3) is 0.857. The summed E-state index contributed by atoms with van der Waals surface area (Å²) in [7, 11) is 1.79. The molecule has 0 fully saturated rings.